The summed E-state index contributed by atoms with van der Waals surface area (Å²) in [5.41, 5.74) is 6.23. The molecule has 0 unspecified atom stereocenters. The Labute approximate surface area is 221 Å². The van der Waals surface area contributed by atoms with Gasteiger partial charge in [0, 0.05) is 28.8 Å². The highest BCUT2D eigenvalue weighted by Crippen LogP contribution is 2.29. The van der Waals surface area contributed by atoms with Crippen LogP contribution in [-0.2, 0) is 6.61 Å². The quantitative estimate of drug-likeness (QED) is 0.135. The number of hydrogen-bond acceptors (Lipinski definition) is 3. The number of fused-ring (bicyclic) bond motifs is 2. The zero-order chi connectivity index (χ0) is 24.0. The number of carbonyl (C=O) groups is 1. The smallest absolute Gasteiger partial charge is 0.343 e. The first kappa shape index (κ1) is 25.4. The molecular weight excluding hydrogens is 514 g/mol. The Morgan fingerprint density at radius 3 is 1.89 bits per heavy atom. The highest BCUT2D eigenvalue weighted by atomic mass is 79.9. The van der Waals surface area contributed by atoms with Gasteiger partial charge < -0.3 is 27.5 Å². The first-order chi connectivity index (χ1) is 17.2. The van der Waals surface area contributed by atoms with Gasteiger partial charge in [0.05, 0.1) is 13.0 Å². The van der Waals surface area contributed by atoms with Gasteiger partial charge in [0.25, 0.3) is 6.61 Å². The molecule has 0 spiro atoms. The molecule has 0 fully saturated rings. The second kappa shape index (κ2) is 11.8. The van der Waals surface area contributed by atoms with Gasteiger partial charge in [-0.3, -0.25) is 9.53 Å². The average molecular weight is 542 g/mol. The summed E-state index contributed by atoms with van der Waals surface area (Å²) < 4.78 is 11.8. The normalized spacial score (nSPS) is 10.7. The first-order valence-electron chi connectivity index (χ1n) is 11.9. The zero-order valence-electron chi connectivity index (χ0n) is 20.0. The van der Waals surface area contributed by atoms with Gasteiger partial charge >= 0.3 is 5.75 Å². The molecule has 0 aromatic heterocycles. The number of ketones is 1. The molecule has 5 heteroatoms. The van der Waals surface area contributed by atoms with E-state index in [9.17, 15) is 4.79 Å². The van der Waals surface area contributed by atoms with Crippen LogP contribution in [0.5, 0.6) is 11.5 Å². The number of ether oxygens (including phenoxy) is 2. The lowest BCUT2D eigenvalue weighted by Gasteiger charge is -2.13. The van der Waals surface area contributed by atoms with Gasteiger partial charge in [0.2, 0.25) is 0 Å². The summed E-state index contributed by atoms with van der Waals surface area (Å²) in [6, 6.07) is 33.6. The van der Waals surface area contributed by atoms with Crippen LogP contribution in [0, 0.1) is 0 Å². The zero-order valence-corrected chi connectivity index (χ0v) is 21.5. The van der Waals surface area contributed by atoms with Crippen LogP contribution in [0.1, 0.15) is 27.9 Å². The van der Waals surface area contributed by atoms with Crippen molar-refractivity contribution in [2.24, 2.45) is 0 Å². The molecule has 0 amide bonds. The van der Waals surface area contributed by atoms with E-state index in [1.54, 1.807) is 12.1 Å². The molecule has 181 valence electrons. The molecule has 5 aromatic carbocycles. The Balaban J connectivity index is 0.00000304. The minimum atomic E-state index is -0.0269. The number of quaternary nitrogens is 1. The topological polar surface area (TPSA) is 65.2 Å². The lowest BCUT2D eigenvalue weighted by molar-refractivity contribution is -0.368. The fourth-order valence-electron chi connectivity index (χ4n) is 4.28. The van der Waals surface area contributed by atoms with Crippen molar-refractivity contribution in [3.05, 3.63) is 120 Å². The van der Waals surface area contributed by atoms with E-state index in [0.29, 0.717) is 24.3 Å². The Hall–Kier alpha value is -3.67. The van der Waals surface area contributed by atoms with Crippen LogP contribution in [0.3, 0.4) is 0 Å². The van der Waals surface area contributed by atoms with E-state index in [1.807, 2.05) is 36.4 Å². The lowest BCUT2D eigenvalue weighted by Crippen LogP contribution is -3.00. The van der Waals surface area contributed by atoms with E-state index < -0.39 is 0 Å². The molecular formula is C31H28BrNO3+. The van der Waals surface area contributed by atoms with Crippen molar-refractivity contribution in [1.29, 1.82) is 0 Å². The largest absolute Gasteiger partial charge is 1.00 e. The third-order valence-electron chi connectivity index (χ3n) is 6.16. The second-order valence-electron chi connectivity index (χ2n) is 8.52. The van der Waals surface area contributed by atoms with Crippen LogP contribution in [-0.4, -0.2) is 18.9 Å². The maximum absolute atomic E-state index is 12.9. The van der Waals surface area contributed by atoms with Crippen LogP contribution in [0.15, 0.2) is 103 Å². The minimum absolute atomic E-state index is 0. The van der Waals surface area contributed by atoms with Crippen molar-refractivity contribution in [1.82, 2.24) is 0 Å². The maximum Gasteiger partial charge on any atom is 0.343 e. The Morgan fingerprint density at radius 1 is 0.750 bits per heavy atom. The summed E-state index contributed by atoms with van der Waals surface area (Å²) in [6.07, 6.45) is 0.909. The molecule has 0 saturated heterocycles. The summed E-state index contributed by atoms with van der Waals surface area (Å²) in [7, 11) is 0. The van der Waals surface area contributed by atoms with Crippen LogP contribution < -0.4 is 32.2 Å². The molecule has 5 rings (SSSR count). The molecule has 0 atom stereocenters. The summed E-state index contributed by atoms with van der Waals surface area (Å²) >= 11 is 0. The molecule has 0 aliphatic carbocycles. The Kier molecular flexibility index (Phi) is 8.36. The van der Waals surface area contributed by atoms with Crippen LogP contribution in [0.4, 0.5) is 0 Å². The average Bonchev–Trinajstić information content (AvgIpc) is 2.91. The molecule has 4 nitrogen and oxygen atoms in total. The summed E-state index contributed by atoms with van der Waals surface area (Å²) in [5.74, 6) is 1.47. The Morgan fingerprint density at radius 2 is 1.31 bits per heavy atom. The standard InChI is InChI=1S/C31H27NO3.BrH/c32-18-5-19-34-26-14-10-22(11-15-26)31(33)23-12-16-27(17-13-23)35-21-30-28-8-3-1-6-24(28)20-25-7-2-4-9-29(25)30;/h1-4,6-17,20H,5,18-19,21,32H2;1H/q+1;. The highest BCUT2D eigenvalue weighted by Gasteiger charge is 2.13. The van der Waals surface area contributed by atoms with Gasteiger partial charge in [-0.25, -0.2) is 0 Å². The molecule has 0 saturated carbocycles. The number of benzene rings is 5. The van der Waals surface area contributed by atoms with E-state index >= 15 is 0 Å². The predicted molar refractivity (Wildman–Crippen MR) is 140 cm³/mol. The molecule has 1 radical (unpaired) electrons. The van der Waals surface area contributed by atoms with Crippen molar-refractivity contribution in [3.8, 4) is 11.5 Å². The van der Waals surface area contributed by atoms with Crippen LogP contribution in [0.25, 0.3) is 21.5 Å². The van der Waals surface area contributed by atoms with E-state index in [1.165, 1.54) is 21.5 Å². The molecule has 0 heterocycles. The molecule has 0 aliphatic rings. The van der Waals surface area contributed by atoms with E-state index in [0.717, 1.165) is 30.0 Å². The van der Waals surface area contributed by atoms with Crippen molar-refractivity contribution in [3.63, 3.8) is 0 Å². The van der Waals surface area contributed by atoms with E-state index in [4.69, 9.17) is 9.47 Å². The fraction of sp³-hybridized carbons (Fsp3) is 0.129. The maximum atomic E-state index is 12.9. The van der Waals surface area contributed by atoms with E-state index in [-0.39, 0.29) is 22.8 Å². The summed E-state index contributed by atoms with van der Waals surface area (Å²) in [6.45, 7) is 1.92. The SMILES string of the molecule is [Br-].[NH3+]CCC[O+]c1ccc(C(=O)c2ccc(OCc3c4ccccc4cc4ccccc34)cc2)cc1. The number of halogens is 1. The monoisotopic (exact) mass is 541 g/mol. The van der Waals surface area contributed by atoms with Crippen molar-refractivity contribution >= 4 is 27.3 Å². The second-order valence-corrected chi connectivity index (χ2v) is 8.52. The van der Waals surface area contributed by atoms with Gasteiger partial charge in [-0.15, -0.1) is 0 Å². The molecule has 5 aromatic rings. The van der Waals surface area contributed by atoms with Crippen LogP contribution >= 0.6 is 0 Å². The van der Waals surface area contributed by atoms with Gasteiger partial charge in [0.15, 0.2) is 5.78 Å². The van der Waals surface area contributed by atoms with Crippen molar-refractivity contribution in [2.75, 3.05) is 13.2 Å². The fourth-order valence-corrected chi connectivity index (χ4v) is 4.28. The van der Waals surface area contributed by atoms with Crippen LogP contribution in [0.2, 0.25) is 0 Å². The van der Waals surface area contributed by atoms with Crippen molar-refractivity contribution in [2.45, 2.75) is 13.0 Å². The molecule has 36 heavy (non-hydrogen) atoms. The van der Waals surface area contributed by atoms with Gasteiger partial charge in [-0.05, 0) is 64.0 Å². The molecule has 3 N–H and O–H groups in total. The first-order valence-corrected chi connectivity index (χ1v) is 11.9. The predicted octanol–water partition coefficient (Wildman–Crippen LogP) is 2.82. The third-order valence-corrected chi connectivity index (χ3v) is 6.16. The van der Waals surface area contributed by atoms with Crippen molar-refractivity contribution < 1.29 is 37.0 Å². The van der Waals surface area contributed by atoms with Gasteiger partial charge in [0.1, 0.15) is 12.4 Å². The summed E-state index contributed by atoms with van der Waals surface area (Å²) in [5, 5.41) is 4.78. The van der Waals surface area contributed by atoms with E-state index in [2.05, 4.69) is 60.3 Å². The third kappa shape index (κ3) is 5.59. The number of rotatable bonds is 9. The number of carbonyl (C=O) groups excluding carboxylic acids is 1. The lowest BCUT2D eigenvalue weighted by atomic mass is 9.97. The molecule has 0 bridgehead atoms. The summed E-state index contributed by atoms with van der Waals surface area (Å²) in [4.78, 5) is 12.9. The molecule has 0 aliphatic heterocycles. The van der Waals surface area contributed by atoms with Gasteiger partial charge in [-0.1, -0.05) is 48.5 Å². The minimum Gasteiger partial charge on any atom is -1.00 e. The van der Waals surface area contributed by atoms with Gasteiger partial charge in [-0.2, -0.15) is 0 Å². The number of hydrogen-bond donors (Lipinski definition) is 1. The highest BCUT2D eigenvalue weighted by molar-refractivity contribution is 6.09. The Bertz CT molecular complexity index is 1410.